The van der Waals surface area contributed by atoms with Gasteiger partial charge in [-0.25, -0.2) is 0 Å². The van der Waals surface area contributed by atoms with E-state index in [9.17, 15) is 10.1 Å². The molecule has 2 nitrogen and oxygen atoms in total. The molecular formula is C15H17NOS. The van der Waals surface area contributed by atoms with Crippen molar-refractivity contribution in [2.45, 2.75) is 39.5 Å². The van der Waals surface area contributed by atoms with Crippen molar-refractivity contribution in [1.82, 2.24) is 0 Å². The monoisotopic (exact) mass is 259 g/mol. The summed E-state index contributed by atoms with van der Waals surface area (Å²) in [6, 6.07) is 2.25. The number of allylic oxidation sites excluding steroid dienone is 1. The van der Waals surface area contributed by atoms with E-state index in [2.05, 4.69) is 26.5 Å². The lowest BCUT2D eigenvalue weighted by Crippen LogP contribution is -2.27. The SMILES string of the molecule is C=CCCc1sc(C#N)c2c1C(=O)CC(C)(C)C2. The van der Waals surface area contributed by atoms with Gasteiger partial charge in [-0.1, -0.05) is 19.9 Å². The molecule has 0 saturated heterocycles. The largest absolute Gasteiger partial charge is 0.294 e. The number of hydrogen-bond acceptors (Lipinski definition) is 3. The molecular weight excluding hydrogens is 242 g/mol. The van der Waals surface area contributed by atoms with Gasteiger partial charge >= 0.3 is 0 Å². The minimum atomic E-state index is -0.0214. The summed E-state index contributed by atoms with van der Waals surface area (Å²) in [5.41, 5.74) is 1.81. The maximum atomic E-state index is 12.3. The lowest BCUT2D eigenvalue weighted by molar-refractivity contribution is 0.0912. The number of carbonyl (C=O) groups is 1. The molecule has 3 heteroatoms. The average molecular weight is 259 g/mol. The van der Waals surface area contributed by atoms with Gasteiger partial charge in [0.05, 0.1) is 0 Å². The van der Waals surface area contributed by atoms with Gasteiger partial charge < -0.3 is 0 Å². The summed E-state index contributed by atoms with van der Waals surface area (Å²) in [5, 5.41) is 9.22. The Balaban J connectivity index is 2.50. The van der Waals surface area contributed by atoms with E-state index in [1.165, 1.54) is 11.3 Å². The fourth-order valence-corrected chi connectivity index (χ4v) is 3.72. The molecule has 1 aromatic heterocycles. The van der Waals surface area contributed by atoms with Gasteiger partial charge in [0, 0.05) is 16.9 Å². The first-order valence-electron chi connectivity index (χ1n) is 6.17. The van der Waals surface area contributed by atoms with Crippen molar-refractivity contribution in [3.8, 4) is 6.07 Å². The van der Waals surface area contributed by atoms with E-state index in [-0.39, 0.29) is 11.2 Å². The third-order valence-electron chi connectivity index (χ3n) is 3.33. The Labute approximate surface area is 112 Å². The molecule has 1 aliphatic rings. The molecule has 2 rings (SSSR count). The van der Waals surface area contributed by atoms with Crippen molar-refractivity contribution in [3.63, 3.8) is 0 Å². The van der Waals surface area contributed by atoms with E-state index in [4.69, 9.17) is 0 Å². The lowest BCUT2D eigenvalue weighted by atomic mass is 9.73. The molecule has 0 atom stereocenters. The Morgan fingerprint density at radius 2 is 2.22 bits per heavy atom. The average Bonchev–Trinajstić information content (AvgIpc) is 2.62. The fourth-order valence-electron chi connectivity index (χ4n) is 2.57. The van der Waals surface area contributed by atoms with E-state index in [1.54, 1.807) is 0 Å². The van der Waals surface area contributed by atoms with Crippen LogP contribution in [0.4, 0.5) is 0 Å². The number of fused-ring (bicyclic) bond motifs is 1. The van der Waals surface area contributed by atoms with Gasteiger partial charge in [0.2, 0.25) is 0 Å². The summed E-state index contributed by atoms with van der Waals surface area (Å²) in [5.74, 6) is 0.207. The van der Waals surface area contributed by atoms with Crippen LogP contribution in [-0.4, -0.2) is 5.78 Å². The van der Waals surface area contributed by atoms with Gasteiger partial charge in [-0.15, -0.1) is 17.9 Å². The summed E-state index contributed by atoms with van der Waals surface area (Å²) in [4.78, 5) is 14.1. The van der Waals surface area contributed by atoms with Gasteiger partial charge in [0.15, 0.2) is 5.78 Å². The van der Waals surface area contributed by atoms with Gasteiger partial charge in [0.25, 0.3) is 0 Å². The quantitative estimate of drug-likeness (QED) is 0.773. The first-order chi connectivity index (χ1) is 8.48. The van der Waals surface area contributed by atoms with Crippen LogP contribution in [0.25, 0.3) is 0 Å². The van der Waals surface area contributed by atoms with E-state index >= 15 is 0 Å². The van der Waals surface area contributed by atoms with Crippen molar-refractivity contribution in [2.75, 3.05) is 0 Å². The minimum absolute atomic E-state index is 0.0214. The molecule has 0 spiro atoms. The van der Waals surface area contributed by atoms with Crippen LogP contribution in [0.15, 0.2) is 12.7 Å². The topological polar surface area (TPSA) is 40.9 Å². The first kappa shape index (κ1) is 13.0. The van der Waals surface area contributed by atoms with Gasteiger partial charge in [-0.2, -0.15) is 5.26 Å². The van der Waals surface area contributed by atoms with Crippen LogP contribution in [0, 0.1) is 16.7 Å². The Morgan fingerprint density at radius 1 is 1.50 bits per heavy atom. The standard InChI is InChI=1S/C15H17NOS/c1-4-5-6-12-14-10(13(9-16)18-12)7-15(2,3)8-11(14)17/h4H,1,5-8H2,2-3H3. The number of thiophene rings is 1. The molecule has 0 unspecified atom stereocenters. The van der Waals surface area contributed by atoms with Crippen molar-refractivity contribution in [2.24, 2.45) is 5.41 Å². The minimum Gasteiger partial charge on any atom is -0.294 e. The second-order valence-corrected chi connectivity index (χ2v) is 6.69. The van der Waals surface area contributed by atoms with Crippen LogP contribution in [0.3, 0.4) is 0 Å². The maximum Gasteiger partial charge on any atom is 0.164 e. The molecule has 94 valence electrons. The highest BCUT2D eigenvalue weighted by atomic mass is 32.1. The third kappa shape index (κ3) is 2.26. The predicted molar refractivity (Wildman–Crippen MR) is 74.0 cm³/mol. The summed E-state index contributed by atoms with van der Waals surface area (Å²) in [6.07, 6.45) is 4.96. The highest BCUT2D eigenvalue weighted by Gasteiger charge is 2.35. The zero-order chi connectivity index (χ0) is 13.3. The molecule has 18 heavy (non-hydrogen) atoms. The number of ketones is 1. The number of carbonyl (C=O) groups excluding carboxylic acids is 1. The van der Waals surface area contributed by atoms with E-state index < -0.39 is 0 Å². The van der Waals surface area contributed by atoms with Gasteiger partial charge in [-0.3, -0.25) is 4.79 Å². The zero-order valence-corrected chi connectivity index (χ0v) is 11.7. The number of hydrogen-bond donors (Lipinski definition) is 0. The lowest BCUT2D eigenvalue weighted by Gasteiger charge is -2.29. The zero-order valence-electron chi connectivity index (χ0n) is 10.9. The first-order valence-corrected chi connectivity index (χ1v) is 6.99. The number of nitrogens with zero attached hydrogens (tertiary/aromatic N) is 1. The second-order valence-electron chi connectivity index (χ2n) is 5.59. The molecule has 1 aliphatic carbocycles. The summed E-state index contributed by atoms with van der Waals surface area (Å²) < 4.78 is 0. The highest BCUT2D eigenvalue weighted by molar-refractivity contribution is 7.13. The van der Waals surface area contributed by atoms with Crippen molar-refractivity contribution >= 4 is 17.1 Å². The van der Waals surface area contributed by atoms with Crippen molar-refractivity contribution in [1.29, 1.82) is 5.26 Å². The molecule has 0 aromatic carbocycles. The Bertz CT molecular complexity index is 546. The molecule has 1 heterocycles. The van der Waals surface area contributed by atoms with Crippen LogP contribution >= 0.6 is 11.3 Å². The number of Topliss-reactive ketones (excluding diaryl/α,β-unsaturated/α-hetero) is 1. The Kier molecular flexibility index (Phi) is 3.41. The van der Waals surface area contributed by atoms with Crippen LogP contribution in [0.1, 0.15) is 52.4 Å². The molecule has 0 N–H and O–H groups in total. The van der Waals surface area contributed by atoms with E-state index in [0.29, 0.717) is 6.42 Å². The van der Waals surface area contributed by atoms with Crippen LogP contribution < -0.4 is 0 Å². The molecule has 1 aromatic rings. The molecule has 0 bridgehead atoms. The molecule has 0 radical (unpaired) electrons. The Hall–Kier alpha value is -1.40. The number of nitriles is 1. The summed E-state index contributed by atoms with van der Waals surface area (Å²) in [7, 11) is 0. The third-order valence-corrected chi connectivity index (χ3v) is 4.53. The van der Waals surface area contributed by atoms with Crippen LogP contribution in [0.2, 0.25) is 0 Å². The van der Waals surface area contributed by atoms with Crippen LogP contribution in [0.5, 0.6) is 0 Å². The number of rotatable bonds is 3. The maximum absolute atomic E-state index is 12.3. The summed E-state index contributed by atoms with van der Waals surface area (Å²) >= 11 is 1.49. The smallest absolute Gasteiger partial charge is 0.164 e. The van der Waals surface area contributed by atoms with Gasteiger partial charge in [-0.05, 0) is 30.2 Å². The predicted octanol–water partition coefficient (Wildman–Crippen LogP) is 3.89. The summed E-state index contributed by atoms with van der Waals surface area (Å²) in [6.45, 7) is 7.90. The van der Waals surface area contributed by atoms with E-state index in [0.717, 1.165) is 40.1 Å². The highest BCUT2D eigenvalue weighted by Crippen LogP contribution is 2.41. The molecule has 0 fully saturated rings. The Morgan fingerprint density at radius 3 is 2.83 bits per heavy atom. The molecule has 0 amide bonds. The molecule has 0 aliphatic heterocycles. The second kappa shape index (κ2) is 4.70. The number of aryl methyl sites for hydroxylation is 1. The van der Waals surface area contributed by atoms with E-state index in [1.807, 2.05) is 6.08 Å². The fraction of sp³-hybridized carbons (Fsp3) is 0.467. The van der Waals surface area contributed by atoms with Crippen molar-refractivity contribution < 1.29 is 4.79 Å². The van der Waals surface area contributed by atoms with Crippen molar-refractivity contribution in [3.05, 3.63) is 33.5 Å². The van der Waals surface area contributed by atoms with Crippen LogP contribution in [-0.2, 0) is 12.8 Å². The normalized spacial score (nSPS) is 17.1. The van der Waals surface area contributed by atoms with Gasteiger partial charge in [0.1, 0.15) is 10.9 Å². The molecule has 0 saturated carbocycles.